The van der Waals surface area contributed by atoms with Gasteiger partial charge in [-0.15, -0.1) is 0 Å². The van der Waals surface area contributed by atoms with Gasteiger partial charge >= 0.3 is 5.97 Å². The second kappa shape index (κ2) is 25.3. The lowest BCUT2D eigenvalue weighted by molar-refractivity contribution is -0.139. The highest BCUT2D eigenvalue weighted by Gasteiger charge is 2.05. The van der Waals surface area contributed by atoms with Crippen molar-refractivity contribution in [2.75, 3.05) is 13.2 Å². The molecule has 0 amide bonds. The van der Waals surface area contributed by atoms with Crippen molar-refractivity contribution in [3.63, 3.8) is 0 Å². The van der Waals surface area contributed by atoms with E-state index in [2.05, 4.69) is 6.92 Å². The van der Waals surface area contributed by atoms with Gasteiger partial charge in [-0.2, -0.15) is 0 Å². The first-order chi connectivity index (χ1) is 15.2. The summed E-state index contributed by atoms with van der Waals surface area (Å²) in [6, 6.07) is 0. The third-order valence-corrected chi connectivity index (χ3v) is 5.98. The minimum Gasteiger partial charge on any atom is -0.501 e. The van der Waals surface area contributed by atoms with Gasteiger partial charge in [0.05, 0.1) is 25.0 Å². The van der Waals surface area contributed by atoms with Crippen LogP contribution in [0, 0.1) is 0 Å². The van der Waals surface area contributed by atoms with E-state index in [4.69, 9.17) is 9.47 Å². The number of ether oxygens (including phenoxy) is 2. The second-order valence-electron chi connectivity index (χ2n) is 9.11. The minimum absolute atomic E-state index is 0.258. The maximum Gasteiger partial charge on any atom is 0.336 e. The molecule has 0 unspecified atom stereocenters. The molecule has 0 bridgehead atoms. The zero-order valence-electron chi connectivity index (χ0n) is 21.4. The van der Waals surface area contributed by atoms with Gasteiger partial charge in [0, 0.05) is 0 Å². The molecule has 0 saturated carbocycles. The molecule has 184 valence electrons. The van der Waals surface area contributed by atoms with Crippen molar-refractivity contribution in [3.8, 4) is 0 Å². The number of esters is 1. The van der Waals surface area contributed by atoms with Crippen molar-refractivity contribution in [2.45, 2.75) is 149 Å². The highest BCUT2D eigenvalue weighted by molar-refractivity contribution is 5.87. The molecule has 0 aliphatic heterocycles. The quantitative estimate of drug-likeness (QED) is 0.0651. The van der Waals surface area contributed by atoms with Crippen LogP contribution in [0.5, 0.6) is 0 Å². The maximum atomic E-state index is 11.7. The number of rotatable bonds is 24. The topological polar surface area (TPSA) is 35.5 Å². The van der Waals surface area contributed by atoms with E-state index in [1.807, 2.05) is 6.92 Å². The Hall–Kier alpha value is -0.990. The van der Waals surface area contributed by atoms with E-state index in [0.29, 0.717) is 18.8 Å². The predicted octanol–water partition coefficient (Wildman–Crippen LogP) is 9.29. The molecule has 0 aliphatic carbocycles. The fraction of sp³-hybridized carbons (Fsp3) is 0.893. The van der Waals surface area contributed by atoms with E-state index in [1.165, 1.54) is 122 Å². The molecule has 0 aromatic carbocycles. The highest BCUT2D eigenvalue weighted by Crippen LogP contribution is 2.14. The molecule has 0 aromatic heterocycles. The normalized spacial score (nSPS) is 11.6. The van der Waals surface area contributed by atoms with E-state index >= 15 is 0 Å². The van der Waals surface area contributed by atoms with Crippen molar-refractivity contribution >= 4 is 5.97 Å². The number of unbranched alkanes of at least 4 members (excludes halogenated alkanes) is 19. The molecule has 0 rings (SSSR count). The summed E-state index contributed by atoms with van der Waals surface area (Å²) in [4.78, 5) is 11.7. The second-order valence-corrected chi connectivity index (χ2v) is 9.11. The Balaban J connectivity index is 3.16. The zero-order valence-corrected chi connectivity index (χ0v) is 21.4. The SMILES string of the molecule is CCCCCCCCCCCCCCCCCCCCCCOC(=O)/C(C)=C/OCC. The monoisotopic (exact) mass is 438 g/mol. The van der Waals surface area contributed by atoms with E-state index in [1.54, 1.807) is 6.92 Å². The molecule has 3 nitrogen and oxygen atoms in total. The van der Waals surface area contributed by atoms with Crippen LogP contribution in [0.4, 0.5) is 0 Å². The Morgan fingerprint density at radius 1 is 0.581 bits per heavy atom. The standard InChI is InChI=1S/C28H54O3/c1-4-6-7-8-9-10-11-12-13-14-15-16-17-18-19-20-21-22-23-24-25-31-28(29)27(3)26-30-5-2/h26H,4-25H2,1-3H3/b27-26+. The van der Waals surface area contributed by atoms with E-state index < -0.39 is 0 Å². The van der Waals surface area contributed by atoms with Crippen molar-refractivity contribution in [3.05, 3.63) is 11.8 Å². The molecule has 0 spiro atoms. The predicted molar refractivity (Wildman–Crippen MR) is 134 cm³/mol. The highest BCUT2D eigenvalue weighted by atomic mass is 16.5. The minimum atomic E-state index is -0.258. The van der Waals surface area contributed by atoms with Gasteiger partial charge in [0.1, 0.15) is 0 Å². The van der Waals surface area contributed by atoms with Crippen LogP contribution in [0.15, 0.2) is 11.8 Å². The molecule has 3 heteroatoms. The summed E-state index contributed by atoms with van der Waals surface area (Å²) in [6.45, 7) is 7.01. The fourth-order valence-corrected chi connectivity index (χ4v) is 3.89. The first kappa shape index (κ1) is 30.0. The Labute approximate surface area is 194 Å². The van der Waals surface area contributed by atoms with Crippen LogP contribution in [-0.2, 0) is 14.3 Å². The van der Waals surface area contributed by atoms with Crippen LogP contribution in [0.3, 0.4) is 0 Å². The van der Waals surface area contributed by atoms with Gasteiger partial charge < -0.3 is 9.47 Å². The van der Waals surface area contributed by atoms with E-state index in [-0.39, 0.29) is 5.97 Å². The van der Waals surface area contributed by atoms with Crippen molar-refractivity contribution < 1.29 is 14.3 Å². The lowest BCUT2D eigenvalue weighted by Gasteiger charge is -2.06. The molecule has 0 aromatic rings. The Bertz CT molecular complexity index is 403. The average Bonchev–Trinajstić information content (AvgIpc) is 2.78. The van der Waals surface area contributed by atoms with Crippen LogP contribution in [0.25, 0.3) is 0 Å². The summed E-state index contributed by atoms with van der Waals surface area (Å²) in [7, 11) is 0. The summed E-state index contributed by atoms with van der Waals surface area (Å²) in [5, 5.41) is 0. The summed E-state index contributed by atoms with van der Waals surface area (Å²) >= 11 is 0. The number of hydrogen-bond donors (Lipinski definition) is 0. The summed E-state index contributed by atoms with van der Waals surface area (Å²) in [5.74, 6) is -0.258. The van der Waals surface area contributed by atoms with Crippen LogP contribution in [-0.4, -0.2) is 19.2 Å². The molecule has 0 N–H and O–H groups in total. The fourth-order valence-electron chi connectivity index (χ4n) is 3.89. The first-order valence-corrected chi connectivity index (χ1v) is 13.7. The Kier molecular flexibility index (Phi) is 24.5. The first-order valence-electron chi connectivity index (χ1n) is 13.7. The van der Waals surface area contributed by atoms with Gasteiger partial charge in [0.25, 0.3) is 0 Å². The van der Waals surface area contributed by atoms with Crippen molar-refractivity contribution in [2.24, 2.45) is 0 Å². The molecule has 0 atom stereocenters. The number of carbonyl (C=O) groups excluding carboxylic acids is 1. The van der Waals surface area contributed by atoms with Gasteiger partial charge in [-0.05, 0) is 20.3 Å². The maximum absolute atomic E-state index is 11.7. The third-order valence-electron chi connectivity index (χ3n) is 5.98. The average molecular weight is 439 g/mol. The van der Waals surface area contributed by atoms with E-state index in [0.717, 1.165) is 12.8 Å². The van der Waals surface area contributed by atoms with Crippen LogP contribution in [0.1, 0.15) is 149 Å². The van der Waals surface area contributed by atoms with Gasteiger partial charge in [-0.25, -0.2) is 4.79 Å². The number of carbonyl (C=O) groups is 1. The van der Waals surface area contributed by atoms with Gasteiger partial charge in [0.2, 0.25) is 0 Å². The molecule has 0 fully saturated rings. The van der Waals surface area contributed by atoms with Crippen molar-refractivity contribution in [1.29, 1.82) is 0 Å². The molecule has 0 saturated heterocycles. The zero-order chi connectivity index (χ0) is 22.8. The summed E-state index contributed by atoms with van der Waals surface area (Å²) in [5.41, 5.74) is 0.537. The smallest absolute Gasteiger partial charge is 0.336 e. The molecule has 0 heterocycles. The lowest BCUT2D eigenvalue weighted by atomic mass is 10.0. The largest absolute Gasteiger partial charge is 0.501 e. The van der Waals surface area contributed by atoms with Crippen LogP contribution < -0.4 is 0 Å². The summed E-state index contributed by atoms with van der Waals surface area (Å²) < 4.78 is 10.4. The Morgan fingerprint density at radius 2 is 0.935 bits per heavy atom. The third kappa shape index (κ3) is 23.5. The van der Waals surface area contributed by atoms with Gasteiger partial charge in [0.15, 0.2) is 0 Å². The lowest BCUT2D eigenvalue weighted by Crippen LogP contribution is -2.07. The molecule has 0 aliphatic rings. The molecular formula is C28H54O3. The van der Waals surface area contributed by atoms with Gasteiger partial charge in [-0.1, -0.05) is 129 Å². The molecule has 31 heavy (non-hydrogen) atoms. The number of hydrogen-bond acceptors (Lipinski definition) is 3. The molecule has 0 radical (unpaired) electrons. The van der Waals surface area contributed by atoms with Gasteiger partial charge in [-0.3, -0.25) is 0 Å². The van der Waals surface area contributed by atoms with Crippen LogP contribution >= 0.6 is 0 Å². The van der Waals surface area contributed by atoms with E-state index in [9.17, 15) is 4.79 Å². The Morgan fingerprint density at radius 3 is 1.29 bits per heavy atom. The van der Waals surface area contributed by atoms with Crippen LogP contribution in [0.2, 0.25) is 0 Å². The molecular weight excluding hydrogens is 384 g/mol. The van der Waals surface area contributed by atoms with Crippen molar-refractivity contribution in [1.82, 2.24) is 0 Å². The summed E-state index contributed by atoms with van der Waals surface area (Å²) in [6.07, 6.45) is 29.0.